The minimum Gasteiger partial charge on any atom is -0.308 e. The van der Waals surface area contributed by atoms with E-state index in [2.05, 4.69) is 175 Å². The molecule has 0 aliphatic heterocycles. The Labute approximate surface area is 263 Å². The number of hydrogen-bond acceptors (Lipinski definition) is 4. The molecule has 0 N–H and O–H groups in total. The van der Waals surface area contributed by atoms with Gasteiger partial charge in [0.1, 0.15) is 11.0 Å². The van der Waals surface area contributed by atoms with E-state index in [1.807, 2.05) is 12.1 Å². The Hall–Kier alpha value is -4.84. The van der Waals surface area contributed by atoms with Gasteiger partial charge in [0.15, 0.2) is 0 Å². The summed E-state index contributed by atoms with van der Waals surface area (Å²) in [7, 11) is 0. The summed E-state index contributed by atoms with van der Waals surface area (Å²) in [6.07, 6.45) is 0. The lowest BCUT2D eigenvalue weighted by Crippen LogP contribution is -2.10. The highest BCUT2D eigenvalue weighted by molar-refractivity contribution is 9.10. The standard InChI is InChI=1S/C38H26BrN3S/c39-33-25-26-34(38-37(33)40-43-41-38)42(31-19-11-4-12-20-31)32-23-21-30(22-24-32)36(29-17-9-3-10-18-29)35(27-13-5-1-6-14-27)28-15-7-2-8-16-28/h1-26H. The fourth-order valence-electron chi connectivity index (χ4n) is 5.51. The Kier molecular flexibility index (Phi) is 7.65. The van der Waals surface area contributed by atoms with Crippen LogP contribution in [0.5, 0.6) is 0 Å². The summed E-state index contributed by atoms with van der Waals surface area (Å²) in [5.41, 5.74) is 11.9. The fraction of sp³-hybridized carbons (Fsp3) is 0. The first-order chi connectivity index (χ1) is 21.3. The summed E-state index contributed by atoms with van der Waals surface area (Å²) in [5.74, 6) is 0. The van der Waals surface area contributed by atoms with Crippen LogP contribution >= 0.6 is 27.7 Å². The molecule has 6 aromatic carbocycles. The Balaban J connectivity index is 1.43. The van der Waals surface area contributed by atoms with Crippen molar-refractivity contribution in [3.05, 3.63) is 184 Å². The predicted molar refractivity (Wildman–Crippen MR) is 184 cm³/mol. The number of halogens is 1. The lowest BCUT2D eigenvalue weighted by Gasteiger charge is -2.26. The van der Waals surface area contributed by atoms with Gasteiger partial charge in [-0.15, -0.1) is 0 Å². The van der Waals surface area contributed by atoms with E-state index < -0.39 is 0 Å². The number of benzene rings is 6. The Morgan fingerprint density at radius 2 is 0.860 bits per heavy atom. The molecule has 0 saturated carbocycles. The fourth-order valence-corrected chi connectivity index (χ4v) is 6.61. The van der Waals surface area contributed by atoms with Crippen molar-refractivity contribution in [2.24, 2.45) is 0 Å². The summed E-state index contributed by atoms with van der Waals surface area (Å²) < 4.78 is 10.2. The third-order valence-corrected chi connectivity index (χ3v) is 8.62. The number of anilines is 3. The second-order valence-corrected chi connectivity index (χ2v) is 11.5. The van der Waals surface area contributed by atoms with Crippen molar-refractivity contribution in [3.63, 3.8) is 0 Å². The SMILES string of the molecule is Brc1ccc(N(c2ccccc2)c2ccc(C(=C(c3ccccc3)c3ccccc3)c3ccccc3)cc2)c2nsnc12. The molecule has 0 fully saturated rings. The normalized spacial score (nSPS) is 10.9. The molecule has 1 heterocycles. The monoisotopic (exact) mass is 635 g/mol. The first-order valence-electron chi connectivity index (χ1n) is 14.0. The minimum absolute atomic E-state index is 0.865. The molecule has 0 spiro atoms. The van der Waals surface area contributed by atoms with Crippen LogP contribution in [0.3, 0.4) is 0 Å². The van der Waals surface area contributed by atoms with Crippen LogP contribution in [0.25, 0.3) is 22.2 Å². The first kappa shape index (κ1) is 27.0. The maximum Gasteiger partial charge on any atom is 0.129 e. The van der Waals surface area contributed by atoms with Gasteiger partial charge in [0, 0.05) is 15.8 Å². The van der Waals surface area contributed by atoms with Crippen molar-refractivity contribution in [3.8, 4) is 0 Å². The van der Waals surface area contributed by atoms with Crippen molar-refractivity contribution in [2.45, 2.75) is 0 Å². The summed E-state index contributed by atoms with van der Waals surface area (Å²) in [5, 5.41) is 0. The second kappa shape index (κ2) is 12.2. The second-order valence-electron chi connectivity index (χ2n) is 10.1. The number of aromatic nitrogens is 2. The number of rotatable bonds is 7. The van der Waals surface area contributed by atoms with Crippen LogP contribution in [0.1, 0.15) is 22.3 Å². The van der Waals surface area contributed by atoms with Gasteiger partial charge in [0.2, 0.25) is 0 Å². The average Bonchev–Trinajstić information content (AvgIpc) is 3.58. The highest BCUT2D eigenvalue weighted by Crippen LogP contribution is 2.42. The Morgan fingerprint density at radius 3 is 1.37 bits per heavy atom. The molecule has 0 radical (unpaired) electrons. The number of hydrogen-bond donors (Lipinski definition) is 0. The van der Waals surface area contributed by atoms with Crippen LogP contribution in [-0.4, -0.2) is 8.75 Å². The Morgan fingerprint density at radius 1 is 0.442 bits per heavy atom. The van der Waals surface area contributed by atoms with E-state index in [1.165, 1.54) is 39.6 Å². The van der Waals surface area contributed by atoms with Crippen LogP contribution in [-0.2, 0) is 0 Å². The molecule has 43 heavy (non-hydrogen) atoms. The first-order valence-corrected chi connectivity index (χ1v) is 15.6. The zero-order chi connectivity index (χ0) is 29.0. The zero-order valence-electron chi connectivity index (χ0n) is 23.1. The largest absolute Gasteiger partial charge is 0.308 e. The molecule has 3 nitrogen and oxygen atoms in total. The smallest absolute Gasteiger partial charge is 0.129 e. The summed E-state index contributed by atoms with van der Waals surface area (Å²) in [6, 6.07) is 55.4. The topological polar surface area (TPSA) is 29.0 Å². The Bertz CT molecular complexity index is 1960. The lowest BCUT2D eigenvalue weighted by molar-refractivity contribution is 1.29. The number of para-hydroxylation sites is 1. The van der Waals surface area contributed by atoms with Crippen molar-refractivity contribution >= 4 is 66.9 Å². The molecule has 0 atom stereocenters. The average molecular weight is 637 g/mol. The van der Waals surface area contributed by atoms with Gasteiger partial charge >= 0.3 is 0 Å². The molecule has 1 aromatic heterocycles. The van der Waals surface area contributed by atoms with E-state index in [0.29, 0.717) is 0 Å². The maximum absolute atomic E-state index is 4.68. The van der Waals surface area contributed by atoms with E-state index in [0.717, 1.165) is 38.1 Å². The van der Waals surface area contributed by atoms with Gasteiger partial charge in [-0.3, -0.25) is 0 Å². The highest BCUT2D eigenvalue weighted by Gasteiger charge is 2.20. The maximum atomic E-state index is 4.68. The van der Waals surface area contributed by atoms with Crippen molar-refractivity contribution < 1.29 is 0 Å². The zero-order valence-corrected chi connectivity index (χ0v) is 25.5. The number of fused-ring (bicyclic) bond motifs is 1. The van der Waals surface area contributed by atoms with Crippen LogP contribution in [0, 0.1) is 0 Å². The highest BCUT2D eigenvalue weighted by atomic mass is 79.9. The summed E-state index contributed by atoms with van der Waals surface area (Å²) >= 11 is 4.88. The van der Waals surface area contributed by atoms with Gasteiger partial charge < -0.3 is 4.90 Å². The molecule has 7 aromatic rings. The van der Waals surface area contributed by atoms with Gasteiger partial charge in [-0.1, -0.05) is 121 Å². The molecule has 0 bridgehead atoms. The van der Waals surface area contributed by atoms with Gasteiger partial charge in [-0.25, -0.2) is 0 Å². The quantitative estimate of drug-likeness (QED) is 0.163. The summed E-state index contributed by atoms with van der Waals surface area (Å²) in [4.78, 5) is 2.25. The van der Waals surface area contributed by atoms with Crippen LogP contribution in [0.15, 0.2) is 162 Å². The van der Waals surface area contributed by atoms with Crippen molar-refractivity contribution in [1.29, 1.82) is 0 Å². The van der Waals surface area contributed by atoms with E-state index in [-0.39, 0.29) is 0 Å². The molecule has 7 rings (SSSR count). The van der Waals surface area contributed by atoms with Gasteiger partial charge in [-0.05, 0) is 85.7 Å². The van der Waals surface area contributed by atoms with E-state index in [1.54, 1.807) is 0 Å². The third kappa shape index (κ3) is 5.41. The van der Waals surface area contributed by atoms with Gasteiger partial charge in [0.05, 0.1) is 17.4 Å². The lowest BCUT2D eigenvalue weighted by atomic mass is 9.86. The van der Waals surface area contributed by atoms with Crippen molar-refractivity contribution in [2.75, 3.05) is 4.90 Å². The van der Waals surface area contributed by atoms with Crippen LogP contribution in [0.2, 0.25) is 0 Å². The van der Waals surface area contributed by atoms with E-state index >= 15 is 0 Å². The molecular weight excluding hydrogens is 610 g/mol. The molecule has 0 aliphatic carbocycles. The van der Waals surface area contributed by atoms with Crippen molar-refractivity contribution in [1.82, 2.24) is 8.75 Å². The molecule has 5 heteroatoms. The van der Waals surface area contributed by atoms with Crippen LogP contribution in [0.4, 0.5) is 17.1 Å². The van der Waals surface area contributed by atoms with Gasteiger partial charge in [0.25, 0.3) is 0 Å². The van der Waals surface area contributed by atoms with Crippen LogP contribution < -0.4 is 4.90 Å². The van der Waals surface area contributed by atoms with E-state index in [9.17, 15) is 0 Å². The molecular formula is C38H26BrN3S. The molecule has 0 aliphatic rings. The minimum atomic E-state index is 0.865. The predicted octanol–water partition coefficient (Wildman–Crippen LogP) is 10.9. The third-order valence-electron chi connectivity index (χ3n) is 7.45. The molecule has 0 amide bonds. The number of nitrogens with zero attached hydrogens (tertiary/aromatic N) is 3. The van der Waals surface area contributed by atoms with Gasteiger partial charge in [-0.2, -0.15) is 8.75 Å². The van der Waals surface area contributed by atoms with E-state index in [4.69, 9.17) is 0 Å². The summed E-state index contributed by atoms with van der Waals surface area (Å²) in [6.45, 7) is 0. The molecule has 206 valence electrons. The molecule has 0 unspecified atom stereocenters. The molecule has 0 saturated heterocycles.